The monoisotopic (exact) mass is 738 g/mol. The average molecular weight is 739 g/mol. The SMILES string of the molecule is [2H]c1c([2H])c([2H])c(-c2nc(-c3cccc4c5ccccc5n(-c5ccccc5)c34)nc(-n3c4ccccc4c4ccc5c6ccccc6n(-c6c([2H])c([2H])c([2H])c([2H])c6[2H])c5c43)n2)c([2H])c1[2H]. The molecule has 57 heavy (non-hydrogen) atoms. The maximum absolute atomic E-state index is 9.20. The minimum absolute atomic E-state index is 0.0434. The summed E-state index contributed by atoms with van der Waals surface area (Å²) in [5, 5.41) is 4.89. The molecule has 0 atom stereocenters. The van der Waals surface area contributed by atoms with Gasteiger partial charge in [-0.3, -0.25) is 4.57 Å². The topological polar surface area (TPSA) is 53.5 Å². The van der Waals surface area contributed by atoms with Crippen molar-refractivity contribution in [1.82, 2.24) is 28.7 Å². The number of hydrogen-bond donors (Lipinski definition) is 0. The lowest BCUT2D eigenvalue weighted by molar-refractivity contribution is 0.953. The van der Waals surface area contributed by atoms with Crippen LogP contribution in [0.4, 0.5) is 0 Å². The fourth-order valence-corrected chi connectivity index (χ4v) is 8.40. The van der Waals surface area contributed by atoms with Crippen LogP contribution in [-0.2, 0) is 0 Å². The molecule has 0 aliphatic carbocycles. The highest BCUT2D eigenvalue weighted by atomic mass is 15.2. The van der Waals surface area contributed by atoms with Gasteiger partial charge < -0.3 is 9.13 Å². The quantitative estimate of drug-likeness (QED) is 0.177. The van der Waals surface area contributed by atoms with Gasteiger partial charge in [-0.2, -0.15) is 9.97 Å². The van der Waals surface area contributed by atoms with E-state index < -0.39 is 48.3 Å². The summed E-state index contributed by atoms with van der Waals surface area (Å²) in [4.78, 5) is 15.4. The van der Waals surface area contributed by atoms with Gasteiger partial charge in [-0.15, -0.1) is 0 Å². The average Bonchev–Trinajstić information content (AvgIpc) is 4.00. The number of aromatic nitrogens is 6. The van der Waals surface area contributed by atoms with Crippen LogP contribution in [0, 0.1) is 0 Å². The number of para-hydroxylation sites is 6. The fourth-order valence-electron chi connectivity index (χ4n) is 8.40. The van der Waals surface area contributed by atoms with Crippen molar-refractivity contribution in [3.8, 4) is 40.1 Å². The van der Waals surface area contributed by atoms with Crippen LogP contribution >= 0.6 is 0 Å². The Morgan fingerprint density at radius 1 is 0.351 bits per heavy atom. The summed E-state index contributed by atoms with van der Waals surface area (Å²) in [7, 11) is 0. The van der Waals surface area contributed by atoms with Gasteiger partial charge in [0.2, 0.25) is 5.95 Å². The Bertz CT molecular complexity index is 4060. The third-order valence-corrected chi connectivity index (χ3v) is 10.7. The van der Waals surface area contributed by atoms with Gasteiger partial charge in [0, 0.05) is 54.8 Å². The van der Waals surface area contributed by atoms with Gasteiger partial charge in [-0.05, 0) is 48.5 Å². The highest BCUT2D eigenvalue weighted by Crippen LogP contribution is 2.42. The Balaban J connectivity index is 1.28. The van der Waals surface area contributed by atoms with Crippen LogP contribution < -0.4 is 0 Å². The molecule has 0 saturated carbocycles. The molecule has 0 aliphatic heterocycles. The van der Waals surface area contributed by atoms with E-state index in [1.807, 2.05) is 132 Å². The molecular weight excluding hydrogens is 697 g/mol. The van der Waals surface area contributed by atoms with Gasteiger partial charge in [0.05, 0.1) is 46.8 Å². The molecule has 0 unspecified atom stereocenters. The van der Waals surface area contributed by atoms with Crippen molar-refractivity contribution in [1.29, 1.82) is 0 Å². The second kappa shape index (κ2) is 12.3. The van der Waals surface area contributed by atoms with E-state index in [0.29, 0.717) is 27.6 Å². The molecule has 0 amide bonds. The van der Waals surface area contributed by atoms with E-state index in [0.717, 1.165) is 49.0 Å². The van der Waals surface area contributed by atoms with Gasteiger partial charge in [0.1, 0.15) is 0 Å². The van der Waals surface area contributed by atoms with Crippen molar-refractivity contribution >= 4 is 65.4 Å². The Kier molecular flexibility index (Phi) is 5.02. The normalized spacial score (nSPS) is 14.3. The van der Waals surface area contributed by atoms with E-state index in [-0.39, 0.29) is 40.9 Å². The van der Waals surface area contributed by atoms with Crippen LogP contribution in [0.5, 0.6) is 0 Å². The van der Waals surface area contributed by atoms with E-state index in [9.17, 15) is 2.74 Å². The molecule has 12 rings (SSSR count). The smallest absolute Gasteiger partial charge is 0.238 e. The van der Waals surface area contributed by atoms with Gasteiger partial charge in [0.15, 0.2) is 11.6 Å². The molecule has 12 aromatic rings. The molecule has 0 bridgehead atoms. The van der Waals surface area contributed by atoms with Crippen molar-refractivity contribution < 1.29 is 13.7 Å². The summed E-state index contributed by atoms with van der Waals surface area (Å²) in [6.45, 7) is 0. The first kappa shape index (κ1) is 23.2. The highest BCUT2D eigenvalue weighted by Gasteiger charge is 2.25. The molecule has 4 heterocycles. The fraction of sp³-hybridized carbons (Fsp3) is 0. The Labute approximate surface area is 341 Å². The zero-order valence-corrected chi connectivity index (χ0v) is 29.9. The molecule has 266 valence electrons. The minimum Gasteiger partial charge on any atom is -0.309 e. The third-order valence-electron chi connectivity index (χ3n) is 10.7. The van der Waals surface area contributed by atoms with E-state index >= 15 is 0 Å². The van der Waals surface area contributed by atoms with Crippen LogP contribution in [0.2, 0.25) is 0 Å². The molecule has 0 saturated heterocycles. The van der Waals surface area contributed by atoms with Crippen molar-refractivity contribution in [2.75, 3.05) is 0 Å². The Morgan fingerprint density at radius 3 is 1.49 bits per heavy atom. The maximum Gasteiger partial charge on any atom is 0.238 e. The Hall–Kier alpha value is -7.83. The van der Waals surface area contributed by atoms with Crippen LogP contribution in [0.15, 0.2) is 194 Å². The lowest BCUT2D eigenvalue weighted by Crippen LogP contribution is -2.07. The number of benzene rings is 8. The number of fused-ring (bicyclic) bond motifs is 10. The summed E-state index contributed by atoms with van der Waals surface area (Å²) < 4.78 is 93.9. The lowest BCUT2D eigenvalue weighted by Gasteiger charge is -2.14. The molecule has 6 heteroatoms. The molecule has 8 aromatic carbocycles. The zero-order valence-electron chi connectivity index (χ0n) is 39.9. The van der Waals surface area contributed by atoms with Crippen molar-refractivity contribution in [2.24, 2.45) is 0 Å². The molecule has 6 nitrogen and oxygen atoms in total. The second-order valence-electron chi connectivity index (χ2n) is 13.7. The van der Waals surface area contributed by atoms with E-state index in [1.54, 1.807) is 4.57 Å². The predicted octanol–water partition coefficient (Wildman–Crippen LogP) is 12.5. The van der Waals surface area contributed by atoms with Gasteiger partial charge >= 0.3 is 0 Å². The first-order valence-electron chi connectivity index (χ1n) is 23.4. The van der Waals surface area contributed by atoms with Crippen molar-refractivity contribution in [2.45, 2.75) is 0 Å². The van der Waals surface area contributed by atoms with Crippen LogP contribution in [-0.4, -0.2) is 28.7 Å². The van der Waals surface area contributed by atoms with Crippen molar-refractivity contribution in [3.63, 3.8) is 0 Å². The largest absolute Gasteiger partial charge is 0.309 e. The van der Waals surface area contributed by atoms with Crippen LogP contribution in [0.25, 0.3) is 106 Å². The van der Waals surface area contributed by atoms with Crippen LogP contribution in [0.1, 0.15) is 13.7 Å². The summed E-state index contributed by atoms with van der Waals surface area (Å²) in [5.41, 5.74) is 5.17. The summed E-state index contributed by atoms with van der Waals surface area (Å²) in [5.74, 6) is 0.0325. The standard InChI is InChI=1S/C51H32N6/c1-4-17-33(18-5-1)49-52-50(42-27-16-26-39-36-23-10-13-28-43(36)55(46(39)42)34-19-6-2-7-20-34)54-51(53-49)57-45-30-15-12-25-38(45)41-32-31-40-37-24-11-14-29-44(37)56(47(40)48(41)57)35-21-8-3-9-22-35/h1-32H/i1D,3D,4D,5D,8D,9D,17D,18D,21D,22D. The van der Waals surface area contributed by atoms with Gasteiger partial charge in [0.25, 0.3) is 0 Å². The van der Waals surface area contributed by atoms with E-state index in [1.165, 1.54) is 0 Å². The summed E-state index contributed by atoms with van der Waals surface area (Å²) >= 11 is 0. The van der Waals surface area contributed by atoms with Gasteiger partial charge in [-0.1, -0.05) is 145 Å². The molecular formula is C51H32N6. The number of rotatable bonds is 5. The van der Waals surface area contributed by atoms with Gasteiger partial charge in [-0.25, -0.2) is 4.98 Å². The van der Waals surface area contributed by atoms with Crippen LogP contribution in [0.3, 0.4) is 0 Å². The predicted molar refractivity (Wildman–Crippen MR) is 234 cm³/mol. The number of nitrogens with zero attached hydrogens (tertiary/aromatic N) is 6. The Morgan fingerprint density at radius 2 is 0.842 bits per heavy atom. The van der Waals surface area contributed by atoms with E-state index in [2.05, 4.69) is 10.6 Å². The first-order valence-corrected chi connectivity index (χ1v) is 18.4. The molecule has 0 aliphatic rings. The van der Waals surface area contributed by atoms with E-state index in [4.69, 9.17) is 25.9 Å². The molecule has 0 spiro atoms. The minimum atomic E-state index is -0.560. The summed E-state index contributed by atoms with van der Waals surface area (Å²) in [6.07, 6.45) is 0. The molecule has 0 radical (unpaired) electrons. The second-order valence-corrected chi connectivity index (χ2v) is 13.7. The molecule has 4 aromatic heterocycles. The maximum atomic E-state index is 9.20. The van der Waals surface area contributed by atoms with Crippen molar-refractivity contribution in [3.05, 3.63) is 194 Å². The number of hydrogen-bond acceptors (Lipinski definition) is 3. The molecule has 0 fully saturated rings. The molecule has 0 N–H and O–H groups in total. The zero-order chi connectivity index (χ0) is 46.2. The first-order chi connectivity index (χ1) is 32.5. The third kappa shape index (κ3) is 4.68. The highest BCUT2D eigenvalue weighted by molar-refractivity contribution is 6.23. The summed E-state index contributed by atoms with van der Waals surface area (Å²) in [6, 6.07) is 37.9. The lowest BCUT2D eigenvalue weighted by atomic mass is 10.1.